The number of aromatic nitrogens is 2. The van der Waals surface area contributed by atoms with E-state index in [4.69, 9.17) is 0 Å². The van der Waals surface area contributed by atoms with Crippen molar-refractivity contribution in [2.75, 3.05) is 0 Å². The SMILES string of the molecule is CCC(O)c1nnc(-c2ccc(F)cc2)s1. The lowest BCUT2D eigenvalue weighted by Crippen LogP contribution is -1.93. The summed E-state index contributed by atoms with van der Waals surface area (Å²) in [6.07, 6.45) is 0.0459. The van der Waals surface area contributed by atoms with E-state index in [2.05, 4.69) is 10.2 Å². The Labute approximate surface area is 96.6 Å². The predicted molar refractivity (Wildman–Crippen MR) is 60.6 cm³/mol. The quantitative estimate of drug-likeness (QED) is 0.894. The van der Waals surface area contributed by atoms with Crippen LogP contribution in [-0.2, 0) is 0 Å². The van der Waals surface area contributed by atoms with E-state index < -0.39 is 6.10 Å². The highest BCUT2D eigenvalue weighted by molar-refractivity contribution is 7.14. The van der Waals surface area contributed by atoms with Crippen molar-refractivity contribution in [3.05, 3.63) is 35.1 Å². The molecule has 1 atom stereocenters. The van der Waals surface area contributed by atoms with Gasteiger partial charge in [-0.1, -0.05) is 18.3 Å². The van der Waals surface area contributed by atoms with Gasteiger partial charge < -0.3 is 5.11 Å². The molecule has 0 saturated heterocycles. The zero-order valence-corrected chi connectivity index (χ0v) is 9.54. The number of rotatable bonds is 3. The number of benzene rings is 1. The molecule has 0 radical (unpaired) electrons. The Balaban J connectivity index is 2.28. The van der Waals surface area contributed by atoms with Crippen molar-refractivity contribution in [1.29, 1.82) is 0 Å². The molecule has 1 aromatic carbocycles. The fraction of sp³-hybridized carbons (Fsp3) is 0.273. The topological polar surface area (TPSA) is 46.0 Å². The number of aliphatic hydroxyl groups excluding tert-OH is 1. The van der Waals surface area contributed by atoms with Gasteiger partial charge in [0.1, 0.15) is 21.9 Å². The van der Waals surface area contributed by atoms with Crippen molar-refractivity contribution in [3.8, 4) is 10.6 Å². The molecule has 0 bridgehead atoms. The van der Waals surface area contributed by atoms with Crippen LogP contribution in [0.1, 0.15) is 24.5 Å². The third kappa shape index (κ3) is 2.25. The maximum Gasteiger partial charge on any atom is 0.147 e. The molecule has 0 saturated carbocycles. The van der Waals surface area contributed by atoms with E-state index in [1.54, 1.807) is 12.1 Å². The van der Waals surface area contributed by atoms with Crippen molar-refractivity contribution >= 4 is 11.3 Å². The summed E-state index contributed by atoms with van der Waals surface area (Å²) in [7, 11) is 0. The van der Waals surface area contributed by atoms with Crippen molar-refractivity contribution in [3.63, 3.8) is 0 Å². The van der Waals surface area contributed by atoms with Crippen LogP contribution in [0.5, 0.6) is 0 Å². The Kier molecular flexibility index (Phi) is 3.26. The molecule has 0 aliphatic rings. The Morgan fingerprint density at radius 2 is 2.00 bits per heavy atom. The lowest BCUT2D eigenvalue weighted by atomic mass is 10.2. The second-order valence-electron chi connectivity index (χ2n) is 3.38. The average molecular weight is 238 g/mol. The van der Waals surface area contributed by atoms with Gasteiger partial charge in [0.25, 0.3) is 0 Å². The maximum atomic E-state index is 12.7. The van der Waals surface area contributed by atoms with Gasteiger partial charge in [-0.15, -0.1) is 10.2 Å². The number of nitrogens with zero attached hydrogens (tertiary/aromatic N) is 2. The van der Waals surface area contributed by atoms with Gasteiger partial charge in [0, 0.05) is 5.56 Å². The van der Waals surface area contributed by atoms with Crippen molar-refractivity contribution < 1.29 is 9.50 Å². The van der Waals surface area contributed by atoms with Gasteiger partial charge in [-0.25, -0.2) is 4.39 Å². The fourth-order valence-corrected chi connectivity index (χ4v) is 2.17. The number of aliphatic hydroxyl groups is 1. The van der Waals surface area contributed by atoms with Gasteiger partial charge in [-0.05, 0) is 30.7 Å². The lowest BCUT2D eigenvalue weighted by molar-refractivity contribution is 0.172. The van der Waals surface area contributed by atoms with E-state index in [9.17, 15) is 9.50 Å². The molecule has 1 N–H and O–H groups in total. The zero-order chi connectivity index (χ0) is 11.5. The van der Waals surface area contributed by atoms with Gasteiger partial charge >= 0.3 is 0 Å². The average Bonchev–Trinajstić information content (AvgIpc) is 2.78. The highest BCUT2D eigenvalue weighted by Gasteiger charge is 2.12. The molecule has 5 heteroatoms. The molecule has 0 aliphatic heterocycles. The lowest BCUT2D eigenvalue weighted by Gasteiger charge is -1.99. The highest BCUT2D eigenvalue weighted by atomic mass is 32.1. The van der Waals surface area contributed by atoms with Gasteiger partial charge in [0.15, 0.2) is 0 Å². The molecule has 0 spiro atoms. The van der Waals surface area contributed by atoms with Crippen LogP contribution >= 0.6 is 11.3 Å². The minimum atomic E-state index is -0.563. The highest BCUT2D eigenvalue weighted by Crippen LogP contribution is 2.27. The summed E-state index contributed by atoms with van der Waals surface area (Å²) in [6, 6.07) is 6.06. The predicted octanol–water partition coefficient (Wildman–Crippen LogP) is 2.79. The summed E-state index contributed by atoms with van der Waals surface area (Å²) in [4.78, 5) is 0. The molecule has 0 amide bonds. The van der Waals surface area contributed by atoms with Crippen LogP contribution in [0, 0.1) is 5.82 Å². The van der Waals surface area contributed by atoms with Crippen LogP contribution in [0.4, 0.5) is 4.39 Å². The van der Waals surface area contributed by atoms with E-state index in [1.807, 2.05) is 6.92 Å². The smallest absolute Gasteiger partial charge is 0.147 e. The van der Waals surface area contributed by atoms with Crippen LogP contribution < -0.4 is 0 Å². The maximum absolute atomic E-state index is 12.7. The largest absolute Gasteiger partial charge is 0.386 e. The monoisotopic (exact) mass is 238 g/mol. The second-order valence-corrected chi connectivity index (χ2v) is 4.39. The molecule has 16 heavy (non-hydrogen) atoms. The number of hydrogen-bond acceptors (Lipinski definition) is 4. The number of halogens is 1. The molecule has 0 fully saturated rings. The van der Waals surface area contributed by atoms with Crippen molar-refractivity contribution in [1.82, 2.24) is 10.2 Å². The summed E-state index contributed by atoms with van der Waals surface area (Å²) < 4.78 is 12.7. The summed E-state index contributed by atoms with van der Waals surface area (Å²) in [5.41, 5.74) is 0.813. The molecule has 0 aliphatic carbocycles. The first kappa shape index (κ1) is 11.2. The first-order valence-corrected chi connectivity index (χ1v) is 5.79. The first-order chi connectivity index (χ1) is 7.70. The second kappa shape index (κ2) is 4.67. The van der Waals surface area contributed by atoms with E-state index in [1.165, 1.54) is 23.5 Å². The first-order valence-electron chi connectivity index (χ1n) is 4.98. The summed E-state index contributed by atoms with van der Waals surface area (Å²) in [5.74, 6) is -0.276. The minimum absolute atomic E-state index is 0.276. The molecule has 1 unspecified atom stereocenters. The Bertz CT molecular complexity index is 469. The standard InChI is InChI=1S/C11H11FN2OS/c1-2-9(15)11-14-13-10(16-11)7-3-5-8(12)6-4-7/h3-6,9,15H,2H2,1H3. The van der Waals surface area contributed by atoms with E-state index >= 15 is 0 Å². The van der Waals surface area contributed by atoms with Gasteiger partial charge in [-0.3, -0.25) is 0 Å². The molecular formula is C11H11FN2OS. The number of hydrogen-bond donors (Lipinski definition) is 1. The van der Waals surface area contributed by atoms with E-state index in [-0.39, 0.29) is 5.82 Å². The minimum Gasteiger partial charge on any atom is -0.386 e. The Morgan fingerprint density at radius 1 is 1.31 bits per heavy atom. The van der Waals surface area contributed by atoms with Crippen LogP contribution in [0.25, 0.3) is 10.6 Å². The molecule has 84 valence electrons. The molecule has 3 nitrogen and oxygen atoms in total. The van der Waals surface area contributed by atoms with Crippen LogP contribution in [0.2, 0.25) is 0 Å². The Morgan fingerprint density at radius 3 is 2.62 bits per heavy atom. The third-order valence-electron chi connectivity index (χ3n) is 2.20. The van der Waals surface area contributed by atoms with Crippen LogP contribution in [0.3, 0.4) is 0 Å². The van der Waals surface area contributed by atoms with Crippen LogP contribution in [-0.4, -0.2) is 15.3 Å². The normalized spacial score (nSPS) is 12.7. The van der Waals surface area contributed by atoms with Crippen LogP contribution in [0.15, 0.2) is 24.3 Å². The summed E-state index contributed by atoms with van der Waals surface area (Å²) in [5, 5.41) is 18.8. The molecule has 2 aromatic rings. The van der Waals surface area contributed by atoms with Gasteiger partial charge in [-0.2, -0.15) is 0 Å². The van der Waals surface area contributed by atoms with Crippen molar-refractivity contribution in [2.24, 2.45) is 0 Å². The summed E-state index contributed by atoms with van der Waals surface area (Å²) >= 11 is 1.33. The molecule has 1 heterocycles. The van der Waals surface area contributed by atoms with Gasteiger partial charge in [0.05, 0.1) is 0 Å². The Hall–Kier alpha value is -1.33. The molecule has 1 aromatic heterocycles. The summed E-state index contributed by atoms with van der Waals surface area (Å²) in [6.45, 7) is 1.88. The fourth-order valence-electron chi connectivity index (χ4n) is 1.25. The van der Waals surface area contributed by atoms with E-state index in [0.29, 0.717) is 16.4 Å². The zero-order valence-electron chi connectivity index (χ0n) is 8.72. The third-order valence-corrected chi connectivity index (χ3v) is 3.28. The molecule has 2 rings (SSSR count). The van der Waals surface area contributed by atoms with Crippen molar-refractivity contribution in [2.45, 2.75) is 19.4 Å². The van der Waals surface area contributed by atoms with Gasteiger partial charge in [0.2, 0.25) is 0 Å². The molecular weight excluding hydrogens is 227 g/mol. The van der Waals surface area contributed by atoms with E-state index in [0.717, 1.165) is 5.56 Å².